The fourth-order valence-electron chi connectivity index (χ4n) is 1.56. The first-order valence-corrected chi connectivity index (χ1v) is 6.56. The fourth-order valence-corrected chi connectivity index (χ4v) is 1.56. The molecule has 1 unspecified atom stereocenters. The molecule has 1 rings (SSSR count). The summed E-state index contributed by atoms with van der Waals surface area (Å²) in [6.45, 7) is 4.51. The lowest BCUT2D eigenvalue weighted by Crippen LogP contribution is -2.27. The Hall–Kier alpha value is -1.42. The lowest BCUT2D eigenvalue weighted by molar-refractivity contribution is 0.128. The molecule has 0 aromatic carbocycles. The van der Waals surface area contributed by atoms with E-state index >= 15 is 0 Å². The van der Waals surface area contributed by atoms with Crippen molar-refractivity contribution in [2.75, 3.05) is 26.3 Å². The van der Waals surface area contributed by atoms with Crippen LogP contribution in [-0.2, 0) is 11.2 Å². The summed E-state index contributed by atoms with van der Waals surface area (Å²) in [5.74, 6) is 5.35. The van der Waals surface area contributed by atoms with Crippen LogP contribution in [-0.4, -0.2) is 52.9 Å². The van der Waals surface area contributed by atoms with E-state index in [9.17, 15) is 5.11 Å². The number of aryl methyl sites for hydroxylation is 1. The molecule has 0 aliphatic heterocycles. The van der Waals surface area contributed by atoms with Gasteiger partial charge in [0.05, 0.1) is 11.9 Å². The van der Waals surface area contributed by atoms with Gasteiger partial charge < -0.3 is 15.2 Å². The molecule has 0 aliphatic rings. The number of rotatable bonds is 10. The Morgan fingerprint density at radius 3 is 3.05 bits per heavy atom. The fraction of sp³-hybridized carbons (Fsp3) is 0.692. The predicted molar refractivity (Wildman–Crippen MR) is 72.5 cm³/mol. The van der Waals surface area contributed by atoms with Crippen LogP contribution < -0.4 is 5.32 Å². The standard InChI is InChI=1S/C13H22N4O2/c1-2-5-13(18)11-14-7-4-9-19-8-3-6-12-10-15-17-16-12/h10,13-14,18H,3-4,6-9,11H2,1H3,(H,15,16,17). The number of aliphatic hydroxyl groups is 1. The van der Waals surface area contributed by atoms with Crippen molar-refractivity contribution in [3.05, 3.63) is 11.9 Å². The first-order chi connectivity index (χ1) is 9.33. The Balaban J connectivity index is 1.82. The Kier molecular flexibility index (Phi) is 8.64. The normalized spacial score (nSPS) is 11.9. The summed E-state index contributed by atoms with van der Waals surface area (Å²) in [6, 6.07) is 0. The zero-order valence-corrected chi connectivity index (χ0v) is 11.4. The highest BCUT2D eigenvalue weighted by molar-refractivity contribution is 5.02. The predicted octanol–water partition coefficient (Wildman–Crippen LogP) is 0.118. The van der Waals surface area contributed by atoms with Gasteiger partial charge in [-0.3, -0.25) is 0 Å². The highest BCUT2D eigenvalue weighted by Gasteiger charge is 1.98. The van der Waals surface area contributed by atoms with Crippen LogP contribution in [0.4, 0.5) is 0 Å². The minimum Gasteiger partial charge on any atom is -0.381 e. The Morgan fingerprint density at radius 1 is 1.47 bits per heavy atom. The third kappa shape index (κ3) is 8.32. The number of nitrogens with zero attached hydrogens (tertiary/aromatic N) is 2. The average Bonchev–Trinajstić information content (AvgIpc) is 2.90. The summed E-state index contributed by atoms with van der Waals surface area (Å²) in [5, 5.41) is 22.8. The molecule has 0 saturated heterocycles. The molecule has 6 heteroatoms. The SMILES string of the molecule is CC#CC(O)CNCCCOCCCc1cn[nH]n1. The van der Waals surface area contributed by atoms with Gasteiger partial charge in [0.15, 0.2) is 0 Å². The van der Waals surface area contributed by atoms with Crippen LogP contribution in [0.1, 0.15) is 25.5 Å². The van der Waals surface area contributed by atoms with Crippen LogP contribution >= 0.6 is 0 Å². The molecule has 1 heterocycles. The minimum atomic E-state index is -0.576. The van der Waals surface area contributed by atoms with Gasteiger partial charge >= 0.3 is 0 Å². The summed E-state index contributed by atoms with van der Waals surface area (Å²) in [4.78, 5) is 0. The number of hydrogen-bond donors (Lipinski definition) is 3. The summed E-state index contributed by atoms with van der Waals surface area (Å²) in [7, 11) is 0. The van der Waals surface area contributed by atoms with Gasteiger partial charge in [-0.25, -0.2) is 0 Å². The maximum atomic E-state index is 9.33. The molecule has 0 aliphatic carbocycles. The first kappa shape index (κ1) is 15.6. The molecule has 1 atom stereocenters. The van der Waals surface area contributed by atoms with Crippen LogP contribution in [0.15, 0.2) is 6.20 Å². The number of hydrogen-bond acceptors (Lipinski definition) is 5. The second-order valence-electron chi connectivity index (χ2n) is 4.15. The van der Waals surface area contributed by atoms with E-state index in [2.05, 4.69) is 32.6 Å². The highest BCUT2D eigenvalue weighted by Crippen LogP contribution is 1.96. The summed E-state index contributed by atoms with van der Waals surface area (Å²) < 4.78 is 5.50. The molecule has 0 radical (unpaired) electrons. The molecule has 0 amide bonds. The van der Waals surface area contributed by atoms with Crippen molar-refractivity contribution in [2.24, 2.45) is 0 Å². The van der Waals surface area contributed by atoms with Gasteiger partial charge in [0.25, 0.3) is 0 Å². The van der Waals surface area contributed by atoms with Gasteiger partial charge in [0.1, 0.15) is 6.10 Å². The number of aliphatic hydroxyl groups excluding tert-OH is 1. The number of ether oxygens (including phenoxy) is 1. The van der Waals surface area contributed by atoms with Crippen LogP contribution in [0.2, 0.25) is 0 Å². The zero-order chi connectivity index (χ0) is 13.8. The van der Waals surface area contributed by atoms with Crippen molar-refractivity contribution < 1.29 is 9.84 Å². The molecule has 0 bridgehead atoms. The molecular weight excluding hydrogens is 244 g/mol. The maximum Gasteiger partial charge on any atom is 0.127 e. The summed E-state index contributed by atoms with van der Waals surface area (Å²) in [6.07, 6.45) is 3.92. The van der Waals surface area contributed by atoms with Crippen molar-refractivity contribution >= 4 is 0 Å². The van der Waals surface area contributed by atoms with Gasteiger partial charge in [-0.2, -0.15) is 15.4 Å². The third-order valence-corrected chi connectivity index (χ3v) is 2.48. The molecule has 1 aromatic heterocycles. The molecule has 6 nitrogen and oxygen atoms in total. The molecule has 106 valence electrons. The summed E-state index contributed by atoms with van der Waals surface area (Å²) in [5.41, 5.74) is 0.969. The first-order valence-electron chi connectivity index (χ1n) is 6.56. The van der Waals surface area contributed by atoms with Gasteiger partial charge in [0.2, 0.25) is 0 Å². The van der Waals surface area contributed by atoms with Crippen LogP contribution in [0.5, 0.6) is 0 Å². The van der Waals surface area contributed by atoms with Crippen molar-refractivity contribution in [2.45, 2.75) is 32.3 Å². The van der Waals surface area contributed by atoms with Gasteiger partial charge in [-0.15, -0.1) is 5.92 Å². The molecule has 0 fully saturated rings. The van der Waals surface area contributed by atoms with Gasteiger partial charge in [-0.1, -0.05) is 5.92 Å². The van der Waals surface area contributed by atoms with Crippen molar-refractivity contribution in [3.63, 3.8) is 0 Å². The second kappa shape index (κ2) is 10.5. The van der Waals surface area contributed by atoms with Crippen LogP contribution in [0, 0.1) is 11.8 Å². The third-order valence-electron chi connectivity index (χ3n) is 2.48. The van der Waals surface area contributed by atoms with E-state index in [-0.39, 0.29) is 0 Å². The summed E-state index contributed by atoms with van der Waals surface area (Å²) >= 11 is 0. The van der Waals surface area contributed by atoms with Crippen LogP contribution in [0.25, 0.3) is 0 Å². The number of aromatic amines is 1. The largest absolute Gasteiger partial charge is 0.381 e. The Labute approximate surface area is 113 Å². The quantitative estimate of drug-likeness (QED) is 0.414. The lowest BCUT2D eigenvalue weighted by Gasteiger charge is -2.06. The Bertz CT molecular complexity index is 370. The van der Waals surface area contributed by atoms with E-state index < -0.39 is 6.10 Å². The topological polar surface area (TPSA) is 83.1 Å². The molecule has 19 heavy (non-hydrogen) atoms. The van der Waals surface area contributed by atoms with Crippen molar-refractivity contribution in [3.8, 4) is 11.8 Å². The molecular formula is C13H22N4O2. The molecule has 0 saturated carbocycles. The van der Waals surface area contributed by atoms with E-state index in [0.29, 0.717) is 6.54 Å². The van der Waals surface area contributed by atoms with E-state index in [4.69, 9.17) is 4.74 Å². The zero-order valence-electron chi connectivity index (χ0n) is 11.4. The maximum absolute atomic E-state index is 9.33. The number of aromatic nitrogens is 3. The van der Waals surface area contributed by atoms with Crippen LogP contribution in [0.3, 0.4) is 0 Å². The van der Waals surface area contributed by atoms with Gasteiger partial charge in [0, 0.05) is 19.8 Å². The second-order valence-corrected chi connectivity index (χ2v) is 4.15. The van der Waals surface area contributed by atoms with Crippen molar-refractivity contribution in [1.82, 2.24) is 20.7 Å². The van der Waals surface area contributed by atoms with E-state index in [1.165, 1.54) is 0 Å². The highest BCUT2D eigenvalue weighted by atomic mass is 16.5. The molecule has 0 spiro atoms. The smallest absolute Gasteiger partial charge is 0.127 e. The molecule has 3 N–H and O–H groups in total. The number of nitrogens with one attached hydrogen (secondary N) is 2. The van der Waals surface area contributed by atoms with E-state index in [0.717, 1.165) is 44.7 Å². The van der Waals surface area contributed by atoms with Crippen molar-refractivity contribution in [1.29, 1.82) is 0 Å². The lowest BCUT2D eigenvalue weighted by atomic mass is 10.3. The molecule has 1 aromatic rings. The minimum absolute atomic E-state index is 0.507. The monoisotopic (exact) mass is 266 g/mol. The van der Waals surface area contributed by atoms with Gasteiger partial charge in [-0.05, 0) is 32.7 Å². The van der Waals surface area contributed by atoms with E-state index in [1.807, 2.05) is 0 Å². The van der Waals surface area contributed by atoms with E-state index in [1.54, 1.807) is 13.1 Å². The number of H-pyrrole nitrogens is 1. The average molecular weight is 266 g/mol. The Morgan fingerprint density at radius 2 is 2.32 bits per heavy atom.